The number of pyridine rings is 1. The van der Waals surface area contributed by atoms with Gasteiger partial charge < -0.3 is 14.8 Å². The molecule has 0 bridgehead atoms. The van der Waals surface area contributed by atoms with Gasteiger partial charge in [0.05, 0.1) is 24.2 Å². The first-order chi connectivity index (χ1) is 13.7. The molecule has 0 atom stereocenters. The maximum Gasteiger partial charge on any atom is 0.302 e. The number of hydrogen-bond acceptors (Lipinski definition) is 6. The number of benzene rings is 2. The fourth-order valence-corrected chi connectivity index (χ4v) is 2.76. The number of rotatable bonds is 6. The zero-order valence-electron chi connectivity index (χ0n) is 15.2. The number of aromatic nitrogens is 3. The first-order valence-corrected chi connectivity index (χ1v) is 8.70. The number of methoxy groups -OCH3 is 1. The third-order valence-electron chi connectivity index (χ3n) is 4.19. The van der Waals surface area contributed by atoms with Crippen molar-refractivity contribution in [2.75, 3.05) is 12.4 Å². The number of aromatic amines is 1. The highest BCUT2D eigenvalue weighted by molar-refractivity contribution is 5.76. The third kappa shape index (κ3) is 3.93. The topological polar surface area (TPSA) is 89.1 Å². The molecule has 2 aromatic heterocycles. The highest BCUT2D eigenvalue weighted by Crippen LogP contribution is 2.21. The molecule has 28 heavy (non-hydrogen) atoms. The summed E-state index contributed by atoms with van der Waals surface area (Å²) in [5.41, 5.74) is 2.28. The summed E-state index contributed by atoms with van der Waals surface area (Å²) in [6, 6.07) is 17.0. The van der Waals surface area contributed by atoms with E-state index in [1.54, 1.807) is 31.5 Å². The minimum Gasteiger partial charge on any atom is -0.497 e. The molecule has 0 radical (unpaired) electrons. The molecule has 2 N–H and O–H groups in total. The molecular formula is C21H18N4O3. The van der Waals surface area contributed by atoms with E-state index in [2.05, 4.69) is 20.3 Å². The van der Waals surface area contributed by atoms with Crippen molar-refractivity contribution in [3.63, 3.8) is 0 Å². The molecule has 0 amide bonds. The quantitative estimate of drug-likeness (QED) is 0.535. The molecule has 140 valence electrons. The van der Waals surface area contributed by atoms with Crippen LogP contribution in [0.5, 0.6) is 17.5 Å². The summed E-state index contributed by atoms with van der Waals surface area (Å²) < 4.78 is 10.9. The van der Waals surface area contributed by atoms with Crippen molar-refractivity contribution in [3.8, 4) is 17.5 Å². The van der Waals surface area contributed by atoms with Crippen LogP contribution in [-0.2, 0) is 6.54 Å². The van der Waals surface area contributed by atoms with Crippen molar-refractivity contribution in [3.05, 3.63) is 82.9 Å². The predicted octanol–water partition coefficient (Wildman–Crippen LogP) is 3.73. The van der Waals surface area contributed by atoms with Gasteiger partial charge in [0, 0.05) is 18.4 Å². The Morgan fingerprint density at radius 2 is 1.93 bits per heavy atom. The largest absolute Gasteiger partial charge is 0.497 e. The van der Waals surface area contributed by atoms with Gasteiger partial charge in [-0.2, -0.15) is 4.98 Å². The Morgan fingerprint density at radius 3 is 2.75 bits per heavy atom. The fraction of sp³-hybridized carbons (Fsp3) is 0.0952. The first kappa shape index (κ1) is 17.5. The number of ether oxygens (including phenoxy) is 2. The average molecular weight is 374 g/mol. The SMILES string of the molecule is COc1cccc(CNc2ccc(Oc3nc4cnccc4c(=O)[nH]3)cc2)c1. The van der Waals surface area contributed by atoms with Crippen LogP contribution in [0.25, 0.3) is 10.9 Å². The molecule has 7 heteroatoms. The lowest BCUT2D eigenvalue weighted by Gasteiger charge is -2.09. The van der Waals surface area contributed by atoms with Gasteiger partial charge >= 0.3 is 6.01 Å². The summed E-state index contributed by atoms with van der Waals surface area (Å²) in [4.78, 5) is 23.0. The van der Waals surface area contributed by atoms with E-state index in [4.69, 9.17) is 9.47 Å². The highest BCUT2D eigenvalue weighted by atomic mass is 16.5. The second-order valence-electron chi connectivity index (χ2n) is 6.10. The number of nitrogens with one attached hydrogen (secondary N) is 2. The third-order valence-corrected chi connectivity index (χ3v) is 4.19. The summed E-state index contributed by atoms with van der Waals surface area (Å²) in [6.07, 6.45) is 3.08. The van der Waals surface area contributed by atoms with Gasteiger partial charge in [0.15, 0.2) is 0 Å². The summed E-state index contributed by atoms with van der Waals surface area (Å²) in [5.74, 6) is 1.40. The van der Waals surface area contributed by atoms with E-state index < -0.39 is 0 Å². The minimum absolute atomic E-state index is 0.127. The molecule has 0 aliphatic carbocycles. The Hall–Kier alpha value is -3.87. The zero-order chi connectivity index (χ0) is 19.3. The van der Waals surface area contributed by atoms with E-state index in [1.165, 1.54) is 6.20 Å². The van der Waals surface area contributed by atoms with Crippen LogP contribution in [0.2, 0.25) is 0 Å². The lowest BCUT2D eigenvalue weighted by Crippen LogP contribution is -2.09. The van der Waals surface area contributed by atoms with E-state index in [0.29, 0.717) is 23.2 Å². The van der Waals surface area contributed by atoms with Crippen LogP contribution in [0, 0.1) is 0 Å². The Labute approximate surface area is 161 Å². The van der Waals surface area contributed by atoms with Gasteiger partial charge in [0.25, 0.3) is 5.56 Å². The van der Waals surface area contributed by atoms with Crippen LogP contribution in [0.15, 0.2) is 71.8 Å². The number of H-pyrrole nitrogens is 1. The van der Waals surface area contributed by atoms with Gasteiger partial charge in [-0.1, -0.05) is 12.1 Å². The molecule has 0 spiro atoms. The van der Waals surface area contributed by atoms with Crippen molar-refractivity contribution >= 4 is 16.6 Å². The molecule has 0 saturated carbocycles. The maximum absolute atomic E-state index is 12.1. The number of hydrogen-bond donors (Lipinski definition) is 2. The van der Waals surface area contributed by atoms with Gasteiger partial charge in [0.2, 0.25) is 0 Å². The summed E-state index contributed by atoms with van der Waals surface area (Å²) >= 11 is 0. The Balaban J connectivity index is 1.44. The lowest BCUT2D eigenvalue weighted by molar-refractivity contribution is 0.414. The summed E-state index contributed by atoms with van der Waals surface area (Å²) in [6.45, 7) is 0.671. The van der Waals surface area contributed by atoms with Crippen molar-refractivity contribution in [2.24, 2.45) is 0 Å². The summed E-state index contributed by atoms with van der Waals surface area (Å²) in [7, 11) is 1.65. The van der Waals surface area contributed by atoms with Crippen LogP contribution in [0.4, 0.5) is 5.69 Å². The molecule has 0 unspecified atom stereocenters. The normalized spacial score (nSPS) is 10.6. The van der Waals surface area contributed by atoms with Gasteiger partial charge in [-0.3, -0.25) is 14.8 Å². The van der Waals surface area contributed by atoms with Crippen LogP contribution in [-0.4, -0.2) is 22.1 Å². The van der Waals surface area contributed by atoms with Crippen molar-refractivity contribution in [1.29, 1.82) is 0 Å². The molecule has 7 nitrogen and oxygen atoms in total. The lowest BCUT2D eigenvalue weighted by atomic mass is 10.2. The van der Waals surface area contributed by atoms with E-state index in [9.17, 15) is 4.79 Å². The van der Waals surface area contributed by atoms with E-state index >= 15 is 0 Å². The molecule has 0 fully saturated rings. The monoisotopic (exact) mass is 374 g/mol. The molecule has 4 aromatic rings. The van der Waals surface area contributed by atoms with Gasteiger partial charge in [-0.05, 0) is 48.0 Å². The molecule has 0 saturated heterocycles. The van der Waals surface area contributed by atoms with Crippen LogP contribution in [0.1, 0.15) is 5.56 Å². The van der Waals surface area contributed by atoms with Gasteiger partial charge in [0.1, 0.15) is 11.5 Å². The van der Waals surface area contributed by atoms with Crippen molar-refractivity contribution in [1.82, 2.24) is 15.0 Å². The molecule has 2 aromatic carbocycles. The molecule has 4 rings (SSSR count). The van der Waals surface area contributed by atoms with E-state index in [-0.39, 0.29) is 11.6 Å². The molecule has 0 aliphatic heterocycles. The Kier molecular flexibility index (Phi) is 4.88. The van der Waals surface area contributed by atoms with Gasteiger partial charge in [-0.15, -0.1) is 0 Å². The Bertz CT molecular complexity index is 1160. The number of nitrogens with zero attached hydrogens (tertiary/aromatic N) is 2. The smallest absolute Gasteiger partial charge is 0.302 e. The highest BCUT2D eigenvalue weighted by Gasteiger charge is 2.06. The van der Waals surface area contributed by atoms with Crippen LogP contribution in [0.3, 0.4) is 0 Å². The maximum atomic E-state index is 12.1. The predicted molar refractivity (Wildman–Crippen MR) is 107 cm³/mol. The van der Waals surface area contributed by atoms with E-state index in [0.717, 1.165) is 17.0 Å². The standard InChI is InChI=1S/C21H18N4O3/c1-27-17-4-2-3-14(11-17)12-23-15-5-7-16(8-6-15)28-21-24-19-13-22-10-9-18(19)20(26)25-21/h2-11,13,23H,12H2,1H3,(H,24,25,26). The first-order valence-electron chi connectivity index (χ1n) is 8.70. The molecule has 0 aliphatic rings. The zero-order valence-corrected chi connectivity index (χ0v) is 15.2. The second kappa shape index (κ2) is 7.79. The molecular weight excluding hydrogens is 356 g/mol. The molecule has 2 heterocycles. The summed E-state index contributed by atoms with van der Waals surface area (Å²) in [5, 5.41) is 3.82. The minimum atomic E-state index is -0.265. The number of anilines is 1. The number of fused-ring (bicyclic) bond motifs is 1. The van der Waals surface area contributed by atoms with Gasteiger partial charge in [-0.25, -0.2) is 0 Å². The average Bonchev–Trinajstić information content (AvgIpc) is 2.73. The van der Waals surface area contributed by atoms with Crippen molar-refractivity contribution in [2.45, 2.75) is 6.54 Å². The van der Waals surface area contributed by atoms with Crippen LogP contribution >= 0.6 is 0 Å². The van der Waals surface area contributed by atoms with Crippen LogP contribution < -0.4 is 20.3 Å². The second-order valence-corrected chi connectivity index (χ2v) is 6.10. The van der Waals surface area contributed by atoms with E-state index in [1.807, 2.05) is 36.4 Å². The Morgan fingerprint density at radius 1 is 1.07 bits per heavy atom. The fourth-order valence-electron chi connectivity index (χ4n) is 2.76. The van der Waals surface area contributed by atoms with Crippen molar-refractivity contribution < 1.29 is 9.47 Å².